The van der Waals surface area contributed by atoms with Crippen molar-refractivity contribution in [3.8, 4) is 0 Å². The van der Waals surface area contributed by atoms with Gasteiger partial charge in [-0.25, -0.2) is 0 Å². The third-order valence-corrected chi connectivity index (χ3v) is 0.830. The first kappa shape index (κ1) is 5.18. The number of hydrogen-bond acceptors (Lipinski definition) is 2. The lowest BCUT2D eigenvalue weighted by molar-refractivity contribution is -0.155. The van der Waals surface area contributed by atoms with Crippen LogP contribution in [0.5, 0.6) is 0 Å². The zero-order chi connectivity index (χ0) is 12.5. The first-order valence-electron chi connectivity index (χ1n) is 5.57. The SMILES string of the molecule is [2H][12C]([2H])([2H])[13C@@]([2H])(C)[13CH2][13C](=O)OC(C)(C)C. The summed E-state index contributed by atoms with van der Waals surface area (Å²) >= 11 is 0. The largest absolute Gasteiger partial charge is 0.460 e. The molecule has 2 heteroatoms. The van der Waals surface area contributed by atoms with Gasteiger partial charge in [-0.15, -0.1) is 0 Å². The standard InChI is InChI=1S/C9H18O2/c1-7(2)6-8(10)11-9(3,4)5/h7H,6H2,1-5H3/i1+0D3,6+1,7+1D,8+1/t7-/m0/s1. The third kappa shape index (κ3) is 7.37. The third-order valence-electron chi connectivity index (χ3n) is 0.830. The van der Waals surface area contributed by atoms with Gasteiger partial charge in [0, 0.05) is 11.9 Å². The zero-order valence-corrected chi connectivity index (χ0v) is 7.52. The maximum absolute atomic E-state index is 11.3. The van der Waals surface area contributed by atoms with Crippen LogP contribution in [0.1, 0.15) is 46.5 Å². The van der Waals surface area contributed by atoms with Crippen LogP contribution in [0.25, 0.3) is 0 Å². The highest BCUT2D eigenvalue weighted by Gasteiger charge is 2.16. The summed E-state index contributed by atoms with van der Waals surface area (Å²) in [6.07, 6.45) is -0.430. The predicted molar refractivity (Wildman–Crippen MR) is 45.3 cm³/mol. The Labute approximate surface area is 74.6 Å². The zero-order valence-electron chi connectivity index (χ0n) is 11.5. The second kappa shape index (κ2) is 3.74. The van der Waals surface area contributed by atoms with Crippen molar-refractivity contribution < 1.29 is 15.0 Å². The molecule has 0 aromatic carbocycles. The first-order valence-corrected chi connectivity index (χ1v) is 3.57. The molecule has 0 bridgehead atoms. The normalized spacial score (nSPS) is 23.6. The van der Waals surface area contributed by atoms with Gasteiger partial charge in [0.25, 0.3) is 0 Å². The van der Waals surface area contributed by atoms with Gasteiger partial charge in [0.1, 0.15) is 5.60 Å². The van der Waals surface area contributed by atoms with Crippen LogP contribution in [0, 0.1) is 5.89 Å². The highest BCUT2D eigenvalue weighted by Crippen LogP contribution is 2.10. The molecule has 0 aliphatic rings. The number of ether oxygens (including phenoxy) is 1. The fraction of sp³-hybridized carbons (Fsp3) is 0.889. The molecule has 0 fully saturated rings. The van der Waals surface area contributed by atoms with E-state index in [9.17, 15) is 4.79 Å². The first-order chi connectivity index (χ1) is 6.35. The predicted octanol–water partition coefficient (Wildman–Crippen LogP) is 2.37. The average molecular weight is 165 g/mol. The Balaban J connectivity index is 4.43. The monoisotopic (exact) mass is 165 g/mol. The molecule has 0 heterocycles. The smallest absolute Gasteiger partial charge is 0.306 e. The Bertz CT molecular complexity index is 237. The van der Waals surface area contributed by atoms with Gasteiger partial charge in [0.05, 0.1) is 0 Å². The highest BCUT2D eigenvalue weighted by molar-refractivity contribution is 5.70. The minimum Gasteiger partial charge on any atom is -0.460 e. The van der Waals surface area contributed by atoms with E-state index in [0.717, 1.165) is 0 Å². The van der Waals surface area contributed by atoms with Crippen LogP contribution in [0.4, 0.5) is 0 Å². The summed E-state index contributed by atoms with van der Waals surface area (Å²) < 4.78 is 33.8. The minimum atomic E-state index is -2.48. The topological polar surface area (TPSA) is 26.3 Å². The quantitative estimate of drug-likeness (QED) is 0.464. The molecule has 11 heavy (non-hydrogen) atoms. The molecule has 0 spiro atoms. The summed E-state index contributed by atoms with van der Waals surface area (Å²) in [6, 6.07) is 0. The fourth-order valence-corrected chi connectivity index (χ4v) is 0.594. The number of carbonyl (C=O) groups excluding carboxylic acids is 1. The van der Waals surface area contributed by atoms with E-state index in [-0.39, 0.29) is 0 Å². The van der Waals surface area contributed by atoms with Crippen LogP contribution in [0.15, 0.2) is 0 Å². The lowest BCUT2D eigenvalue weighted by Gasteiger charge is -2.19. The van der Waals surface area contributed by atoms with Crippen molar-refractivity contribution >= 4 is 5.97 Å². The lowest BCUT2D eigenvalue weighted by atomic mass is 10.2. The van der Waals surface area contributed by atoms with Gasteiger partial charge in [-0.05, 0) is 26.7 Å². The summed E-state index contributed by atoms with van der Waals surface area (Å²) in [4.78, 5) is 11.3. The lowest BCUT2D eigenvalue weighted by Crippen LogP contribution is -2.24. The molecule has 0 N–H and O–H groups in total. The molecule has 1 atom stereocenters. The molecule has 2 nitrogen and oxygen atoms in total. The summed E-state index contributed by atoms with van der Waals surface area (Å²) in [7, 11) is 0. The van der Waals surface area contributed by atoms with Crippen LogP contribution < -0.4 is 0 Å². The molecule has 0 aliphatic heterocycles. The Morgan fingerprint density at radius 2 is 2.27 bits per heavy atom. The number of carbonyl (C=O) groups is 1. The molecule has 0 aliphatic carbocycles. The summed E-state index contributed by atoms with van der Waals surface area (Å²) in [6.45, 7) is 3.82. The average Bonchev–Trinajstić information content (AvgIpc) is 1.75. The summed E-state index contributed by atoms with van der Waals surface area (Å²) in [5.41, 5.74) is -0.651. The molecule has 0 aromatic rings. The molecule has 66 valence electrons. The van der Waals surface area contributed by atoms with Crippen LogP contribution in [-0.2, 0) is 9.53 Å². The van der Waals surface area contributed by atoms with Crippen LogP contribution in [0.2, 0.25) is 0 Å². The number of esters is 1. The summed E-state index contributed by atoms with van der Waals surface area (Å²) in [5, 5.41) is 0. The Morgan fingerprint density at radius 1 is 1.73 bits per heavy atom. The van der Waals surface area contributed by atoms with E-state index >= 15 is 0 Å². The Kier molecular flexibility index (Phi) is 1.76. The Hall–Kier alpha value is -0.530. The van der Waals surface area contributed by atoms with E-state index in [1.165, 1.54) is 6.92 Å². The maximum Gasteiger partial charge on any atom is 0.306 e. The van der Waals surface area contributed by atoms with Gasteiger partial charge in [-0.2, -0.15) is 0 Å². The molecule has 0 amide bonds. The van der Waals surface area contributed by atoms with E-state index in [2.05, 4.69) is 0 Å². The van der Waals surface area contributed by atoms with Crippen molar-refractivity contribution in [1.82, 2.24) is 0 Å². The van der Waals surface area contributed by atoms with E-state index in [1.54, 1.807) is 20.8 Å². The van der Waals surface area contributed by atoms with E-state index in [4.69, 9.17) is 10.2 Å². The van der Waals surface area contributed by atoms with Gasteiger partial charge in [-0.3, -0.25) is 4.79 Å². The Morgan fingerprint density at radius 3 is 2.64 bits per heavy atom. The second-order valence-electron chi connectivity index (χ2n) is 3.54. The molecule has 0 aromatic heterocycles. The van der Waals surface area contributed by atoms with Crippen molar-refractivity contribution in [2.24, 2.45) is 5.89 Å². The van der Waals surface area contributed by atoms with Crippen molar-refractivity contribution in [2.45, 2.75) is 46.6 Å². The molecule has 0 unspecified atom stereocenters. The molecular weight excluding hydrogens is 143 g/mol. The van der Waals surface area contributed by atoms with Crippen molar-refractivity contribution in [3.05, 3.63) is 0 Å². The van der Waals surface area contributed by atoms with Gasteiger partial charge in [0.15, 0.2) is 0 Å². The molecule has 0 radical (unpaired) electrons. The number of hydrogen-bond donors (Lipinski definition) is 0. The molecule has 0 rings (SSSR count). The number of rotatable bonds is 2. The van der Waals surface area contributed by atoms with E-state index in [1.807, 2.05) is 0 Å². The van der Waals surface area contributed by atoms with Crippen molar-refractivity contribution in [2.75, 3.05) is 0 Å². The molecular formula is C9H18O2. The van der Waals surface area contributed by atoms with Crippen molar-refractivity contribution in [3.63, 3.8) is 0 Å². The minimum absolute atomic E-state index is 0.430. The van der Waals surface area contributed by atoms with Gasteiger partial charge >= 0.3 is 5.97 Å². The highest BCUT2D eigenvalue weighted by atomic mass is 16.6. The van der Waals surface area contributed by atoms with Crippen LogP contribution in [-0.4, -0.2) is 11.6 Å². The maximum atomic E-state index is 11.3. The van der Waals surface area contributed by atoms with E-state index < -0.39 is 30.7 Å². The van der Waals surface area contributed by atoms with Gasteiger partial charge < -0.3 is 4.74 Å². The summed E-state index contributed by atoms with van der Waals surface area (Å²) in [5.74, 6) is -2.45. The van der Waals surface area contributed by atoms with Crippen LogP contribution >= 0.6 is 0 Å². The molecule has 0 saturated heterocycles. The van der Waals surface area contributed by atoms with E-state index in [0.29, 0.717) is 0 Å². The van der Waals surface area contributed by atoms with Gasteiger partial charge in [-0.1, -0.05) is 13.8 Å². The van der Waals surface area contributed by atoms with Crippen LogP contribution in [0.3, 0.4) is 0 Å². The van der Waals surface area contributed by atoms with Gasteiger partial charge in [0.2, 0.25) is 0 Å². The fourth-order valence-electron chi connectivity index (χ4n) is 0.594. The van der Waals surface area contributed by atoms with Crippen molar-refractivity contribution in [1.29, 1.82) is 0 Å². The second-order valence-corrected chi connectivity index (χ2v) is 3.54. The molecule has 0 saturated carbocycles.